The van der Waals surface area contributed by atoms with Crippen LogP contribution in [0.1, 0.15) is 47.0 Å². The number of carbonyl (C=O) groups is 2. The van der Waals surface area contributed by atoms with Crippen LogP contribution in [0.15, 0.2) is 0 Å². The van der Waals surface area contributed by atoms with Crippen LogP contribution in [0.25, 0.3) is 0 Å². The normalized spacial score (nSPS) is 19.8. The number of rotatable bonds is 8. The second-order valence-electron chi connectivity index (χ2n) is 6.76. The van der Waals surface area contributed by atoms with Crippen molar-refractivity contribution in [3.8, 4) is 0 Å². The van der Waals surface area contributed by atoms with Crippen LogP contribution in [0.5, 0.6) is 0 Å². The van der Waals surface area contributed by atoms with Gasteiger partial charge >= 0.3 is 5.97 Å². The molecular weight excluding hydrogens is 280 g/mol. The summed E-state index contributed by atoms with van der Waals surface area (Å²) in [6, 6.07) is 0. The van der Waals surface area contributed by atoms with Gasteiger partial charge in [-0.05, 0) is 50.6 Å². The third kappa shape index (κ3) is 6.77. The van der Waals surface area contributed by atoms with Crippen LogP contribution in [0, 0.1) is 17.8 Å². The van der Waals surface area contributed by atoms with Gasteiger partial charge in [0.15, 0.2) is 0 Å². The summed E-state index contributed by atoms with van der Waals surface area (Å²) >= 11 is 0. The lowest BCUT2D eigenvalue weighted by Crippen LogP contribution is -2.41. The molecule has 1 rings (SSSR count). The largest absolute Gasteiger partial charge is 0.465 e. The van der Waals surface area contributed by atoms with Crippen LogP contribution >= 0.6 is 0 Å². The van der Waals surface area contributed by atoms with Crippen molar-refractivity contribution in [1.82, 2.24) is 10.2 Å². The van der Waals surface area contributed by atoms with Crippen molar-refractivity contribution in [2.75, 3.05) is 32.8 Å². The third-order valence-corrected chi connectivity index (χ3v) is 4.20. The summed E-state index contributed by atoms with van der Waals surface area (Å²) in [4.78, 5) is 25.9. The third-order valence-electron chi connectivity index (χ3n) is 4.20. The van der Waals surface area contributed by atoms with Crippen LogP contribution in [0.2, 0.25) is 0 Å². The summed E-state index contributed by atoms with van der Waals surface area (Å²) in [5.41, 5.74) is 0. The molecule has 0 radical (unpaired) electrons. The minimum absolute atomic E-state index is 0.0693. The van der Waals surface area contributed by atoms with Gasteiger partial charge < -0.3 is 15.0 Å². The van der Waals surface area contributed by atoms with Gasteiger partial charge in [-0.15, -0.1) is 0 Å². The van der Waals surface area contributed by atoms with Crippen LogP contribution in [-0.2, 0) is 14.3 Å². The number of piperidine rings is 1. The van der Waals surface area contributed by atoms with E-state index in [-0.39, 0.29) is 18.4 Å². The molecule has 2 unspecified atom stereocenters. The van der Waals surface area contributed by atoms with Gasteiger partial charge in [-0.2, -0.15) is 0 Å². The number of amides is 1. The molecule has 1 amide bonds. The maximum absolute atomic E-state index is 12.6. The molecule has 1 N–H and O–H groups in total. The van der Waals surface area contributed by atoms with Crippen LogP contribution in [0.4, 0.5) is 0 Å². The Morgan fingerprint density at radius 2 is 2.05 bits per heavy atom. The topological polar surface area (TPSA) is 58.6 Å². The van der Waals surface area contributed by atoms with Crippen molar-refractivity contribution in [1.29, 1.82) is 0 Å². The Bertz CT molecular complexity index is 352. The highest BCUT2D eigenvalue weighted by Crippen LogP contribution is 2.23. The molecule has 0 saturated carbocycles. The number of nitrogens with one attached hydrogen (secondary N) is 1. The minimum Gasteiger partial charge on any atom is -0.465 e. The van der Waals surface area contributed by atoms with Crippen molar-refractivity contribution >= 4 is 11.9 Å². The Morgan fingerprint density at radius 3 is 2.59 bits per heavy atom. The molecule has 22 heavy (non-hydrogen) atoms. The molecule has 0 bridgehead atoms. The number of carbonyl (C=O) groups excluding carboxylic acids is 2. The van der Waals surface area contributed by atoms with Gasteiger partial charge in [0.25, 0.3) is 0 Å². The maximum atomic E-state index is 12.6. The molecule has 1 heterocycles. The average molecular weight is 312 g/mol. The summed E-state index contributed by atoms with van der Waals surface area (Å²) in [6.07, 6.45) is 2.88. The number of ether oxygens (including phenoxy) is 1. The van der Waals surface area contributed by atoms with Crippen molar-refractivity contribution in [2.24, 2.45) is 17.8 Å². The monoisotopic (exact) mass is 312 g/mol. The maximum Gasteiger partial charge on any atom is 0.325 e. The summed E-state index contributed by atoms with van der Waals surface area (Å²) in [5.74, 6) is 0.992. The summed E-state index contributed by atoms with van der Waals surface area (Å²) in [7, 11) is 0. The van der Waals surface area contributed by atoms with Crippen molar-refractivity contribution < 1.29 is 14.3 Å². The molecule has 1 aliphatic heterocycles. The zero-order valence-corrected chi connectivity index (χ0v) is 14.6. The Hall–Kier alpha value is -1.10. The lowest BCUT2D eigenvalue weighted by molar-refractivity contribution is -0.149. The first kappa shape index (κ1) is 18.9. The zero-order valence-electron chi connectivity index (χ0n) is 14.6. The number of hydrogen-bond acceptors (Lipinski definition) is 4. The van der Waals surface area contributed by atoms with Gasteiger partial charge in [0.2, 0.25) is 5.91 Å². The molecule has 5 heteroatoms. The lowest BCUT2D eigenvalue weighted by Gasteiger charge is -2.30. The summed E-state index contributed by atoms with van der Waals surface area (Å²) < 4.78 is 4.98. The SMILES string of the molecule is CCOC(=O)CN(CC(C)C)C(=O)CC(C)C1CCCNC1. The van der Waals surface area contributed by atoms with Gasteiger partial charge in [-0.3, -0.25) is 9.59 Å². The second-order valence-corrected chi connectivity index (χ2v) is 6.76. The molecule has 1 saturated heterocycles. The highest BCUT2D eigenvalue weighted by atomic mass is 16.5. The van der Waals surface area contributed by atoms with E-state index >= 15 is 0 Å². The molecule has 0 aromatic rings. The Balaban J connectivity index is 2.55. The predicted octanol–water partition coefficient (Wildman–Crippen LogP) is 2.06. The minimum atomic E-state index is -0.316. The standard InChI is InChI=1S/C17H32N2O3/c1-5-22-17(21)12-19(11-13(2)3)16(20)9-14(4)15-7-6-8-18-10-15/h13-15,18H,5-12H2,1-4H3. The van der Waals surface area contributed by atoms with Crippen molar-refractivity contribution in [3.05, 3.63) is 0 Å². The summed E-state index contributed by atoms with van der Waals surface area (Å²) in [5, 5.41) is 3.40. The smallest absolute Gasteiger partial charge is 0.325 e. The Morgan fingerprint density at radius 1 is 1.32 bits per heavy atom. The van der Waals surface area contributed by atoms with Crippen LogP contribution in [0.3, 0.4) is 0 Å². The van der Waals surface area contributed by atoms with Crippen molar-refractivity contribution in [2.45, 2.75) is 47.0 Å². The Kier molecular flexibility index (Phi) is 8.46. The first-order valence-electron chi connectivity index (χ1n) is 8.58. The van der Waals surface area contributed by atoms with Gasteiger partial charge in [0.05, 0.1) is 6.61 Å². The Labute approximate surface area is 134 Å². The highest BCUT2D eigenvalue weighted by molar-refractivity contribution is 5.82. The zero-order chi connectivity index (χ0) is 16.5. The molecule has 1 aliphatic rings. The molecule has 0 aromatic heterocycles. The predicted molar refractivity (Wildman–Crippen MR) is 87.4 cm³/mol. The molecule has 1 fully saturated rings. The molecular formula is C17H32N2O3. The first-order valence-corrected chi connectivity index (χ1v) is 8.58. The van der Waals surface area contributed by atoms with Gasteiger partial charge in [0.1, 0.15) is 6.54 Å². The fourth-order valence-electron chi connectivity index (χ4n) is 2.99. The molecule has 0 spiro atoms. The fourth-order valence-corrected chi connectivity index (χ4v) is 2.99. The van der Waals surface area contributed by atoms with Gasteiger partial charge in [-0.1, -0.05) is 20.8 Å². The molecule has 0 aromatic carbocycles. The summed E-state index contributed by atoms with van der Waals surface area (Å²) in [6.45, 7) is 11.1. The number of nitrogens with zero attached hydrogens (tertiary/aromatic N) is 1. The average Bonchev–Trinajstić information content (AvgIpc) is 2.47. The van der Waals surface area contributed by atoms with E-state index < -0.39 is 0 Å². The molecule has 5 nitrogen and oxygen atoms in total. The quantitative estimate of drug-likeness (QED) is 0.697. The van der Waals surface area contributed by atoms with Gasteiger partial charge in [0, 0.05) is 13.0 Å². The van der Waals surface area contributed by atoms with E-state index in [0.29, 0.717) is 37.3 Å². The van der Waals surface area contributed by atoms with Gasteiger partial charge in [-0.25, -0.2) is 0 Å². The number of hydrogen-bond donors (Lipinski definition) is 1. The van der Waals surface area contributed by atoms with Crippen molar-refractivity contribution in [3.63, 3.8) is 0 Å². The van der Waals surface area contributed by atoms with Crippen LogP contribution in [-0.4, -0.2) is 49.6 Å². The molecule has 0 aliphatic carbocycles. The van der Waals surface area contributed by atoms with E-state index in [9.17, 15) is 9.59 Å². The fraction of sp³-hybridized carbons (Fsp3) is 0.882. The van der Waals surface area contributed by atoms with E-state index in [2.05, 4.69) is 26.1 Å². The van der Waals surface area contributed by atoms with Crippen LogP contribution < -0.4 is 5.32 Å². The van der Waals surface area contributed by atoms with E-state index in [1.54, 1.807) is 11.8 Å². The molecule has 128 valence electrons. The van der Waals surface area contributed by atoms with E-state index in [1.165, 1.54) is 12.8 Å². The molecule has 2 atom stereocenters. The lowest BCUT2D eigenvalue weighted by atomic mass is 9.85. The highest BCUT2D eigenvalue weighted by Gasteiger charge is 2.25. The van der Waals surface area contributed by atoms with E-state index in [4.69, 9.17) is 4.74 Å². The first-order chi connectivity index (χ1) is 10.4. The number of esters is 1. The van der Waals surface area contributed by atoms with E-state index in [0.717, 1.165) is 13.1 Å². The van der Waals surface area contributed by atoms with E-state index in [1.807, 2.05) is 0 Å². The second kappa shape index (κ2) is 9.82.